The summed E-state index contributed by atoms with van der Waals surface area (Å²) in [6.45, 7) is 2.83. The van der Waals surface area contributed by atoms with E-state index in [2.05, 4.69) is 15.2 Å². The van der Waals surface area contributed by atoms with Crippen LogP contribution in [0.1, 0.15) is 10.4 Å². The molecule has 0 aliphatic carbocycles. The first-order valence-corrected chi connectivity index (χ1v) is 9.89. The van der Waals surface area contributed by atoms with Gasteiger partial charge in [0.05, 0.1) is 12.1 Å². The number of hydrogen-bond acceptors (Lipinski definition) is 4. The van der Waals surface area contributed by atoms with Gasteiger partial charge in [-0.05, 0) is 42.5 Å². The number of hydrogen-bond donors (Lipinski definition) is 1. The Morgan fingerprint density at radius 2 is 1.72 bits per heavy atom. The number of amides is 2. The van der Waals surface area contributed by atoms with Gasteiger partial charge in [-0.3, -0.25) is 14.5 Å². The molecule has 0 unspecified atom stereocenters. The summed E-state index contributed by atoms with van der Waals surface area (Å²) in [6, 6.07) is 18.4. The summed E-state index contributed by atoms with van der Waals surface area (Å²) in [5.41, 5.74) is 2.19. The number of pyridine rings is 1. The highest BCUT2D eigenvalue weighted by Crippen LogP contribution is 2.19. The molecule has 29 heavy (non-hydrogen) atoms. The number of nitrogens with one attached hydrogen (secondary N) is 1. The number of carbonyl (C=O) groups excluding carboxylic acids is 2. The second-order valence-electron chi connectivity index (χ2n) is 7.02. The van der Waals surface area contributed by atoms with Crippen LogP contribution in [0.4, 0.5) is 5.69 Å². The van der Waals surface area contributed by atoms with E-state index in [0.29, 0.717) is 43.4 Å². The van der Waals surface area contributed by atoms with Gasteiger partial charge in [0.1, 0.15) is 5.15 Å². The van der Waals surface area contributed by atoms with Crippen molar-refractivity contribution >= 4 is 40.0 Å². The maximum Gasteiger partial charge on any atom is 0.253 e. The van der Waals surface area contributed by atoms with Gasteiger partial charge in [-0.15, -0.1) is 0 Å². The van der Waals surface area contributed by atoms with Crippen molar-refractivity contribution in [3.8, 4) is 0 Å². The number of rotatable bonds is 4. The van der Waals surface area contributed by atoms with E-state index in [0.717, 1.165) is 16.6 Å². The zero-order valence-corrected chi connectivity index (χ0v) is 16.6. The lowest BCUT2D eigenvalue weighted by atomic mass is 10.1. The Labute approximate surface area is 174 Å². The highest BCUT2D eigenvalue weighted by molar-refractivity contribution is 6.29. The molecular formula is C22H21ClN4O2. The number of piperazine rings is 1. The molecule has 7 heteroatoms. The number of halogens is 1. The Balaban J connectivity index is 1.32. The summed E-state index contributed by atoms with van der Waals surface area (Å²) in [4.78, 5) is 33.2. The van der Waals surface area contributed by atoms with Crippen LogP contribution in [0, 0.1) is 0 Å². The van der Waals surface area contributed by atoms with Crippen LogP contribution >= 0.6 is 11.6 Å². The van der Waals surface area contributed by atoms with Crippen molar-refractivity contribution in [3.05, 3.63) is 71.4 Å². The fourth-order valence-corrected chi connectivity index (χ4v) is 3.60. The average molecular weight is 409 g/mol. The van der Waals surface area contributed by atoms with E-state index in [9.17, 15) is 9.59 Å². The Morgan fingerprint density at radius 1 is 0.966 bits per heavy atom. The number of carbonyl (C=O) groups is 2. The third-order valence-electron chi connectivity index (χ3n) is 4.99. The molecule has 3 aromatic rings. The van der Waals surface area contributed by atoms with Crippen molar-refractivity contribution in [1.29, 1.82) is 0 Å². The Bertz CT molecular complexity index is 1030. The van der Waals surface area contributed by atoms with Crippen LogP contribution < -0.4 is 5.32 Å². The third-order valence-corrected chi connectivity index (χ3v) is 5.20. The molecule has 1 aromatic heterocycles. The SMILES string of the molecule is O=C(CN1CCN(C(=O)c2ccc3nc(Cl)ccc3c2)CC1)Nc1ccccc1. The van der Waals surface area contributed by atoms with Crippen LogP contribution in [0.15, 0.2) is 60.7 Å². The summed E-state index contributed by atoms with van der Waals surface area (Å²) in [5, 5.41) is 4.21. The molecule has 6 nitrogen and oxygen atoms in total. The van der Waals surface area contributed by atoms with Crippen LogP contribution in [-0.2, 0) is 4.79 Å². The lowest BCUT2D eigenvalue weighted by Crippen LogP contribution is -2.50. The molecule has 1 N–H and O–H groups in total. The lowest BCUT2D eigenvalue weighted by molar-refractivity contribution is -0.117. The van der Waals surface area contributed by atoms with Gasteiger partial charge in [-0.1, -0.05) is 29.8 Å². The van der Waals surface area contributed by atoms with Crippen LogP contribution in [0.25, 0.3) is 10.9 Å². The van der Waals surface area contributed by atoms with Gasteiger partial charge in [0.25, 0.3) is 5.91 Å². The fraction of sp³-hybridized carbons (Fsp3) is 0.227. The molecule has 1 aliphatic heterocycles. The molecular weight excluding hydrogens is 388 g/mol. The molecule has 1 aliphatic rings. The second-order valence-corrected chi connectivity index (χ2v) is 7.41. The van der Waals surface area contributed by atoms with Crippen LogP contribution in [0.3, 0.4) is 0 Å². The van der Waals surface area contributed by atoms with Gasteiger partial charge in [-0.2, -0.15) is 0 Å². The van der Waals surface area contributed by atoms with Crippen LogP contribution in [-0.4, -0.2) is 59.3 Å². The predicted octanol–water partition coefficient (Wildman–Crippen LogP) is 3.28. The molecule has 2 heterocycles. The first-order chi connectivity index (χ1) is 14.1. The largest absolute Gasteiger partial charge is 0.336 e. The van der Waals surface area contributed by atoms with Crippen LogP contribution in [0.5, 0.6) is 0 Å². The van der Waals surface area contributed by atoms with E-state index < -0.39 is 0 Å². The summed E-state index contributed by atoms with van der Waals surface area (Å²) >= 11 is 5.92. The smallest absolute Gasteiger partial charge is 0.253 e. The molecule has 0 saturated carbocycles. The number of para-hydroxylation sites is 1. The van der Waals surface area contributed by atoms with Crippen molar-refractivity contribution in [1.82, 2.24) is 14.8 Å². The zero-order chi connectivity index (χ0) is 20.2. The molecule has 1 fully saturated rings. The van der Waals surface area contributed by atoms with Crippen molar-refractivity contribution in [2.45, 2.75) is 0 Å². The Hall–Kier alpha value is -2.96. The normalized spacial score (nSPS) is 14.7. The van der Waals surface area contributed by atoms with Crippen LogP contribution in [0.2, 0.25) is 5.15 Å². The molecule has 4 rings (SSSR count). The molecule has 0 spiro atoms. The first-order valence-electron chi connectivity index (χ1n) is 9.51. The molecule has 2 amide bonds. The topological polar surface area (TPSA) is 65.5 Å². The number of anilines is 1. The molecule has 2 aromatic carbocycles. The Kier molecular flexibility index (Phi) is 5.74. The van der Waals surface area contributed by atoms with Crippen molar-refractivity contribution in [3.63, 3.8) is 0 Å². The minimum atomic E-state index is -0.0448. The van der Waals surface area contributed by atoms with E-state index in [-0.39, 0.29) is 11.8 Å². The van der Waals surface area contributed by atoms with Crippen molar-refractivity contribution in [2.75, 3.05) is 38.0 Å². The van der Waals surface area contributed by atoms with E-state index >= 15 is 0 Å². The Morgan fingerprint density at radius 3 is 2.48 bits per heavy atom. The predicted molar refractivity (Wildman–Crippen MR) is 114 cm³/mol. The van der Waals surface area contributed by atoms with E-state index in [4.69, 9.17) is 11.6 Å². The quantitative estimate of drug-likeness (QED) is 0.673. The van der Waals surface area contributed by atoms with Gasteiger partial charge in [0, 0.05) is 42.8 Å². The monoisotopic (exact) mass is 408 g/mol. The maximum atomic E-state index is 12.9. The highest BCUT2D eigenvalue weighted by atomic mass is 35.5. The van der Waals surface area contributed by atoms with E-state index in [1.807, 2.05) is 53.4 Å². The van der Waals surface area contributed by atoms with Gasteiger partial charge < -0.3 is 10.2 Å². The lowest BCUT2D eigenvalue weighted by Gasteiger charge is -2.34. The highest BCUT2D eigenvalue weighted by Gasteiger charge is 2.23. The minimum absolute atomic E-state index is 0.00441. The summed E-state index contributed by atoms with van der Waals surface area (Å²) in [6.07, 6.45) is 0. The van der Waals surface area contributed by atoms with E-state index in [1.165, 1.54) is 0 Å². The van der Waals surface area contributed by atoms with Gasteiger partial charge in [0.2, 0.25) is 5.91 Å². The summed E-state index contributed by atoms with van der Waals surface area (Å²) < 4.78 is 0. The maximum absolute atomic E-state index is 12.9. The summed E-state index contributed by atoms with van der Waals surface area (Å²) in [5.74, 6) is -0.0492. The van der Waals surface area contributed by atoms with Gasteiger partial charge >= 0.3 is 0 Å². The number of aromatic nitrogens is 1. The first kappa shape index (κ1) is 19.4. The zero-order valence-electron chi connectivity index (χ0n) is 15.8. The van der Waals surface area contributed by atoms with Crippen molar-refractivity contribution < 1.29 is 9.59 Å². The number of fused-ring (bicyclic) bond motifs is 1. The molecule has 0 radical (unpaired) electrons. The summed E-state index contributed by atoms with van der Waals surface area (Å²) in [7, 11) is 0. The van der Waals surface area contributed by atoms with E-state index in [1.54, 1.807) is 12.1 Å². The van der Waals surface area contributed by atoms with Gasteiger partial charge in [-0.25, -0.2) is 4.98 Å². The van der Waals surface area contributed by atoms with Crippen molar-refractivity contribution in [2.24, 2.45) is 0 Å². The molecule has 148 valence electrons. The standard InChI is InChI=1S/C22H21ClN4O2/c23-20-9-7-16-14-17(6-8-19(16)25-20)22(29)27-12-10-26(11-13-27)15-21(28)24-18-4-2-1-3-5-18/h1-9,14H,10-13,15H2,(H,24,28). The minimum Gasteiger partial charge on any atom is -0.336 e. The molecule has 1 saturated heterocycles. The fourth-order valence-electron chi connectivity index (χ4n) is 3.45. The molecule has 0 bridgehead atoms. The van der Waals surface area contributed by atoms with Gasteiger partial charge in [0.15, 0.2) is 0 Å². The number of benzene rings is 2. The number of nitrogens with zero attached hydrogens (tertiary/aromatic N) is 3. The second kappa shape index (κ2) is 8.59. The third kappa shape index (κ3) is 4.72. The average Bonchev–Trinajstić information content (AvgIpc) is 2.74. The molecule has 0 atom stereocenters.